The van der Waals surface area contributed by atoms with Crippen molar-refractivity contribution < 1.29 is 19.5 Å². The quantitative estimate of drug-likeness (QED) is 0.537. The number of benzene rings is 1. The predicted octanol–water partition coefficient (Wildman–Crippen LogP) is 2.11. The van der Waals surface area contributed by atoms with Crippen LogP contribution in [0.4, 0.5) is 0 Å². The van der Waals surface area contributed by atoms with Crippen molar-refractivity contribution in [3.63, 3.8) is 0 Å². The maximum Gasteiger partial charge on any atom is 0.244 e. The predicted molar refractivity (Wildman–Crippen MR) is 128 cm³/mol. The Kier molecular flexibility index (Phi) is 6.78. The summed E-state index contributed by atoms with van der Waals surface area (Å²) in [6, 6.07) is 7.96. The lowest BCUT2D eigenvalue weighted by atomic mass is 9.66. The minimum Gasteiger partial charge on any atom is -0.394 e. The summed E-state index contributed by atoms with van der Waals surface area (Å²) in [7, 11) is 1.60. The van der Waals surface area contributed by atoms with Gasteiger partial charge < -0.3 is 20.6 Å². The van der Waals surface area contributed by atoms with Gasteiger partial charge in [-0.05, 0) is 31.2 Å². The van der Waals surface area contributed by atoms with Crippen LogP contribution in [0.3, 0.4) is 0 Å². The smallest absolute Gasteiger partial charge is 0.244 e. The molecule has 3 saturated heterocycles. The largest absolute Gasteiger partial charge is 0.394 e. The van der Waals surface area contributed by atoms with Crippen LogP contribution in [-0.2, 0) is 14.4 Å². The van der Waals surface area contributed by atoms with E-state index in [1.165, 1.54) is 0 Å². The molecule has 0 radical (unpaired) electrons. The molecule has 8 heteroatoms. The fourth-order valence-corrected chi connectivity index (χ4v) is 8.83. The van der Waals surface area contributed by atoms with Crippen molar-refractivity contribution in [1.82, 2.24) is 15.5 Å². The van der Waals surface area contributed by atoms with E-state index in [-0.39, 0.29) is 41.5 Å². The summed E-state index contributed by atoms with van der Waals surface area (Å²) in [4.78, 5) is 42.5. The molecule has 8 atom stereocenters. The number of rotatable bonds is 8. The summed E-state index contributed by atoms with van der Waals surface area (Å²) in [5.41, 5.74) is 0.785. The number of thioether (sulfide) groups is 1. The Morgan fingerprint density at radius 3 is 2.58 bits per heavy atom. The third kappa shape index (κ3) is 3.66. The zero-order valence-electron chi connectivity index (χ0n) is 19.8. The topological polar surface area (TPSA) is 98.7 Å². The third-order valence-electron chi connectivity index (χ3n) is 7.78. The van der Waals surface area contributed by atoms with Crippen molar-refractivity contribution in [1.29, 1.82) is 0 Å². The number of carbonyl (C=O) groups excluding carboxylic acids is 3. The maximum atomic E-state index is 14.1. The molecule has 2 bridgehead atoms. The first kappa shape index (κ1) is 24.1. The third-order valence-corrected chi connectivity index (χ3v) is 9.86. The van der Waals surface area contributed by atoms with Gasteiger partial charge in [0.15, 0.2) is 0 Å². The first-order valence-electron chi connectivity index (χ1n) is 12.0. The molecule has 4 rings (SSSR count). The Balaban J connectivity index is 1.82. The Bertz CT molecular complexity index is 912. The van der Waals surface area contributed by atoms with Crippen LogP contribution in [0.5, 0.6) is 0 Å². The number of nitrogens with one attached hydrogen (secondary N) is 2. The molecule has 0 aliphatic carbocycles. The number of hydrogen-bond acceptors (Lipinski definition) is 5. The van der Waals surface area contributed by atoms with E-state index < -0.39 is 28.7 Å². The van der Waals surface area contributed by atoms with Gasteiger partial charge in [0.1, 0.15) is 6.04 Å². The molecule has 4 unspecified atom stereocenters. The van der Waals surface area contributed by atoms with E-state index in [0.717, 1.165) is 24.8 Å². The molecule has 33 heavy (non-hydrogen) atoms. The normalized spacial score (nSPS) is 34.2. The second-order valence-corrected chi connectivity index (χ2v) is 11.3. The average Bonchev–Trinajstić information content (AvgIpc) is 3.39. The summed E-state index contributed by atoms with van der Waals surface area (Å²) in [6.07, 6.45) is 2.58. The van der Waals surface area contributed by atoms with Crippen LogP contribution in [0.15, 0.2) is 30.3 Å². The van der Waals surface area contributed by atoms with Gasteiger partial charge in [0.05, 0.1) is 29.2 Å². The summed E-state index contributed by atoms with van der Waals surface area (Å²) >= 11 is 1.65. The maximum absolute atomic E-state index is 14.1. The van der Waals surface area contributed by atoms with E-state index in [2.05, 4.69) is 24.5 Å². The number of carbonyl (C=O) groups is 3. The second-order valence-electron chi connectivity index (χ2n) is 9.72. The number of aliphatic hydroxyl groups excluding tert-OH is 1. The second kappa shape index (κ2) is 9.29. The highest BCUT2D eigenvalue weighted by Gasteiger charge is 2.76. The Morgan fingerprint density at radius 1 is 1.27 bits per heavy atom. The number of likely N-dealkylation sites (tertiary alicyclic amines) is 1. The zero-order chi connectivity index (χ0) is 23.9. The molecular formula is C25H35N3O4S. The summed E-state index contributed by atoms with van der Waals surface area (Å²) in [6.45, 7) is 5.86. The average molecular weight is 474 g/mol. The molecule has 3 heterocycles. The first-order valence-corrected chi connectivity index (χ1v) is 12.9. The minimum absolute atomic E-state index is 0.0173. The lowest BCUT2D eigenvalue weighted by Crippen LogP contribution is -2.58. The van der Waals surface area contributed by atoms with E-state index in [1.807, 2.05) is 37.3 Å². The lowest BCUT2D eigenvalue weighted by molar-refractivity contribution is -0.143. The molecule has 1 aromatic carbocycles. The van der Waals surface area contributed by atoms with Gasteiger partial charge in [-0.25, -0.2) is 0 Å². The van der Waals surface area contributed by atoms with Crippen LogP contribution in [0.2, 0.25) is 0 Å². The molecule has 0 saturated carbocycles. The van der Waals surface area contributed by atoms with Crippen molar-refractivity contribution in [2.75, 3.05) is 13.7 Å². The fraction of sp³-hybridized carbons (Fsp3) is 0.640. The van der Waals surface area contributed by atoms with E-state index in [4.69, 9.17) is 0 Å². The van der Waals surface area contributed by atoms with E-state index in [9.17, 15) is 19.5 Å². The SMILES string of the molecule is CCCC(C)NC(=O)C1N([C@H](CO)c2ccccc2)C(=O)[C@@H]2[C@H](C(=O)NC)[C@@H]3CC(C)C12S3. The number of nitrogens with zero attached hydrogens (tertiary/aromatic N) is 1. The standard InChI is InChI=1S/C25H35N3O4S/c1-5-9-15(3)27-23(31)21-25-14(2)12-18(33-25)19(22(30)26-4)20(25)24(32)28(21)17(13-29)16-10-7-6-8-11-16/h6-8,10-11,14-15,17-21,29H,5,9,12-13H2,1-4H3,(H,26,30)(H,27,31)/t14?,15?,17-,18+,19-,20+,21?,25?/m1/s1. The molecule has 1 spiro atoms. The minimum atomic E-state index is -0.744. The van der Waals surface area contributed by atoms with Gasteiger partial charge in [-0.3, -0.25) is 14.4 Å². The molecule has 3 N–H and O–H groups in total. The molecule has 3 fully saturated rings. The van der Waals surface area contributed by atoms with Crippen molar-refractivity contribution in [3.8, 4) is 0 Å². The Labute approximate surface area is 200 Å². The van der Waals surface area contributed by atoms with Crippen LogP contribution >= 0.6 is 11.8 Å². The van der Waals surface area contributed by atoms with E-state index in [1.54, 1.807) is 23.7 Å². The molecule has 0 aromatic heterocycles. The highest BCUT2D eigenvalue weighted by atomic mass is 32.2. The van der Waals surface area contributed by atoms with Gasteiger partial charge in [0.25, 0.3) is 0 Å². The number of amides is 3. The highest BCUT2D eigenvalue weighted by molar-refractivity contribution is 8.02. The molecule has 3 amide bonds. The lowest BCUT2D eigenvalue weighted by Gasteiger charge is -2.40. The Morgan fingerprint density at radius 2 is 1.97 bits per heavy atom. The van der Waals surface area contributed by atoms with Crippen molar-refractivity contribution in [2.45, 2.75) is 68.2 Å². The molecule has 3 aliphatic heterocycles. The van der Waals surface area contributed by atoms with E-state index >= 15 is 0 Å². The van der Waals surface area contributed by atoms with Crippen molar-refractivity contribution >= 4 is 29.5 Å². The van der Waals surface area contributed by atoms with Crippen molar-refractivity contribution in [2.24, 2.45) is 17.8 Å². The fourth-order valence-electron chi connectivity index (χ4n) is 6.42. The van der Waals surface area contributed by atoms with Gasteiger partial charge in [-0.15, -0.1) is 11.8 Å². The molecule has 3 aliphatic rings. The monoisotopic (exact) mass is 473 g/mol. The summed E-state index contributed by atoms with van der Waals surface area (Å²) in [5.74, 6) is -1.46. The molecular weight excluding hydrogens is 438 g/mol. The van der Waals surface area contributed by atoms with Crippen LogP contribution in [0.1, 0.15) is 51.6 Å². The number of aliphatic hydroxyl groups is 1. The van der Waals surface area contributed by atoms with Gasteiger partial charge in [-0.1, -0.05) is 50.6 Å². The zero-order valence-corrected chi connectivity index (χ0v) is 20.6. The Hall–Kier alpha value is -2.06. The van der Waals surface area contributed by atoms with Gasteiger partial charge >= 0.3 is 0 Å². The summed E-state index contributed by atoms with van der Waals surface area (Å²) in [5, 5.41) is 16.3. The molecule has 1 aromatic rings. The molecule has 180 valence electrons. The van der Waals surface area contributed by atoms with Gasteiger partial charge in [0, 0.05) is 18.3 Å². The number of fused-ring (bicyclic) bond motifs is 1. The highest BCUT2D eigenvalue weighted by Crippen LogP contribution is 2.69. The number of hydrogen-bond donors (Lipinski definition) is 3. The van der Waals surface area contributed by atoms with Crippen molar-refractivity contribution in [3.05, 3.63) is 35.9 Å². The molecule has 7 nitrogen and oxygen atoms in total. The van der Waals surface area contributed by atoms with Gasteiger partial charge in [-0.2, -0.15) is 0 Å². The summed E-state index contributed by atoms with van der Waals surface area (Å²) < 4.78 is -0.683. The van der Waals surface area contributed by atoms with Crippen LogP contribution in [0, 0.1) is 17.8 Å². The van der Waals surface area contributed by atoms with Crippen LogP contribution in [0.25, 0.3) is 0 Å². The first-order chi connectivity index (χ1) is 15.8. The van der Waals surface area contributed by atoms with Crippen LogP contribution in [-0.4, -0.2) is 63.5 Å². The van der Waals surface area contributed by atoms with E-state index in [0.29, 0.717) is 0 Å². The van der Waals surface area contributed by atoms with Crippen LogP contribution < -0.4 is 10.6 Å². The van der Waals surface area contributed by atoms with Gasteiger partial charge in [0.2, 0.25) is 17.7 Å².